The van der Waals surface area contributed by atoms with Crippen molar-refractivity contribution in [3.05, 3.63) is 58.4 Å². The summed E-state index contributed by atoms with van der Waals surface area (Å²) >= 11 is 0. The summed E-state index contributed by atoms with van der Waals surface area (Å²) in [5.74, 6) is -1.44. The summed E-state index contributed by atoms with van der Waals surface area (Å²) in [5.41, 5.74) is 8.11. The van der Waals surface area contributed by atoms with Crippen LogP contribution < -0.4 is 5.73 Å². The molecule has 2 rings (SSSR count). The summed E-state index contributed by atoms with van der Waals surface area (Å²) in [6.45, 7) is 6.25. The second-order valence-electron chi connectivity index (χ2n) is 5.47. The number of aromatic nitrogens is 1. The van der Waals surface area contributed by atoms with Gasteiger partial charge < -0.3 is 15.0 Å². The van der Waals surface area contributed by atoms with Crippen molar-refractivity contribution in [2.45, 2.75) is 27.3 Å². The fourth-order valence-electron chi connectivity index (χ4n) is 2.63. The van der Waals surface area contributed by atoms with Crippen LogP contribution >= 0.6 is 0 Å². The van der Waals surface area contributed by atoms with Gasteiger partial charge in [-0.1, -0.05) is 0 Å². The standard InChI is InChI=1S/C18H20N2O4/c1-4-20-11(2)9-15(12(20)3)16(21)10-24-18(23)14-7-5-13(6-8-14)17(19)22/h5-9H,4,10H2,1-3H3,(H2,19,22). The number of aryl methyl sites for hydroxylation is 1. The van der Waals surface area contributed by atoms with E-state index in [4.69, 9.17) is 10.5 Å². The first-order valence-electron chi connectivity index (χ1n) is 7.62. The summed E-state index contributed by atoms with van der Waals surface area (Å²) in [6.07, 6.45) is 0. The van der Waals surface area contributed by atoms with Crippen LogP contribution in [-0.2, 0) is 11.3 Å². The van der Waals surface area contributed by atoms with E-state index in [9.17, 15) is 14.4 Å². The largest absolute Gasteiger partial charge is 0.454 e. The van der Waals surface area contributed by atoms with E-state index in [1.807, 2.05) is 25.3 Å². The molecule has 1 aromatic heterocycles. The molecule has 0 unspecified atom stereocenters. The van der Waals surface area contributed by atoms with Crippen molar-refractivity contribution in [3.63, 3.8) is 0 Å². The molecule has 0 atom stereocenters. The van der Waals surface area contributed by atoms with Gasteiger partial charge in [-0.25, -0.2) is 4.79 Å². The normalized spacial score (nSPS) is 10.5. The van der Waals surface area contributed by atoms with Crippen LogP contribution in [0, 0.1) is 13.8 Å². The van der Waals surface area contributed by atoms with E-state index in [2.05, 4.69) is 0 Å². The third-order valence-corrected chi connectivity index (χ3v) is 3.93. The number of hydrogen-bond acceptors (Lipinski definition) is 4. The quantitative estimate of drug-likeness (QED) is 0.650. The fraction of sp³-hybridized carbons (Fsp3) is 0.278. The Morgan fingerprint density at radius 3 is 2.17 bits per heavy atom. The van der Waals surface area contributed by atoms with Gasteiger partial charge in [0, 0.05) is 29.1 Å². The number of rotatable bonds is 6. The zero-order chi connectivity index (χ0) is 17.9. The zero-order valence-corrected chi connectivity index (χ0v) is 14.0. The van der Waals surface area contributed by atoms with E-state index < -0.39 is 11.9 Å². The SMILES string of the molecule is CCn1c(C)cc(C(=O)COC(=O)c2ccc(C(N)=O)cc2)c1C. The van der Waals surface area contributed by atoms with Crippen LogP contribution in [0.1, 0.15) is 49.4 Å². The Morgan fingerprint density at radius 1 is 1.08 bits per heavy atom. The number of nitrogens with two attached hydrogens (primary N) is 1. The molecule has 1 heterocycles. The predicted octanol–water partition coefficient (Wildman–Crippen LogP) is 2.26. The van der Waals surface area contributed by atoms with Crippen LogP contribution in [0.2, 0.25) is 0 Å². The number of primary amides is 1. The van der Waals surface area contributed by atoms with Crippen molar-refractivity contribution >= 4 is 17.7 Å². The van der Waals surface area contributed by atoms with E-state index in [0.29, 0.717) is 11.1 Å². The molecule has 6 nitrogen and oxygen atoms in total. The van der Waals surface area contributed by atoms with Gasteiger partial charge in [-0.3, -0.25) is 9.59 Å². The Hall–Kier alpha value is -2.89. The third-order valence-electron chi connectivity index (χ3n) is 3.93. The van der Waals surface area contributed by atoms with E-state index in [-0.39, 0.29) is 18.0 Å². The lowest BCUT2D eigenvalue weighted by molar-refractivity contribution is 0.0474. The first-order chi connectivity index (χ1) is 11.3. The summed E-state index contributed by atoms with van der Waals surface area (Å²) in [5, 5.41) is 0. The zero-order valence-electron chi connectivity index (χ0n) is 14.0. The Bertz CT molecular complexity index is 788. The lowest BCUT2D eigenvalue weighted by atomic mass is 10.1. The molecule has 24 heavy (non-hydrogen) atoms. The first kappa shape index (κ1) is 17.5. The summed E-state index contributed by atoms with van der Waals surface area (Å²) < 4.78 is 7.09. The van der Waals surface area contributed by atoms with Gasteiger partial charge in [0.2, 0.25) is 11.7 Å². The van der Waals surface area contributed by atoms with Crippen LogP contribution in [0.25, 0.3) is 0 Å². The average molecular weight is 328 g/mol. The molecule has 0 spiro atoms. The molecular weight excluding hydrogens is 308 g/mol. The lowest BCUT2D eigenvalue weighted by Gasteiger charge is -2.07. The number of ether oxygens (including phenoxy) is 1. The third kappa shape index (κ3) is 3.53. The highest BCUT2D eigenvalue weighted by Crippen LogP contribution is 2.16. The molecule has 0 radical (unpaired) electrons. The second-order valence-corrected chi connectivity index (χ2v) is 5.47. The molecule has 0 aliphatic rings. The minimum atomic E-state index is -0.622. The Kier molecular flexibility index (Phi) is 5.18. The van der Waals surface area contributed by atoms with Gasteiger partial charge in [-0.05, 0) is 51.1 Å². The van der Waals surface area contributed by atoms with E-state index in [0.717, 1.165) is 17.9 Å². The van der Waals surface area contributed by atoms with Crippen molar-refractivity contribution in [2.24, 2.45) is 5.73 Å². The smallest absolute Gasteiger partial charge is 0.338 e. The Morgan fingerprint density at radius 2 is 1.67 bits per heavy atom. The maximum atomic E-state index is 12.3. The number of benzene rings is 1. The van der Waals surface area contributed by atoms with Crippen LogP contribution in [-0.4, -0.2) is 28.8 Å². The van der Waals surface area contributed by atoms with E-state index in [1.54, 1.807) is 6.07 Å². The predicted molar refractivity (Wildman–Crippen MR) is 89.2 cm³/mol. The monoisotopic (exact) mass is 328 g/mol. The van der Waals surface area contributed by atoms with Gasteiger partial charge in [0.1, 0.15) is 0 Å². The number of ketones is 1. The average Bonchev–Trinajstić information content (AvgIpc) is 2.86. The van der Waals surface area contributed by atoms with Crippen molar-refractivity contribution in [1.82, 2.24) is 4.57 Å². The number of carbonyl (C=O) groups is 3. The molecule has 2 aromatic rings. The minimum Gasteiger partial charge on any atom is -0.454 e. The van der Waals surface area contributed by atoms with Crippen molar-refractivity contribution in [1.29, 1.82) is 0 Å². The number of hydrogen-bond donors (Lipinski definition) is 1. The summed E-state index contributed by atoms with van der Waals surface area (Å²) in [4.78, 5) is 35.3. The molecule has 6 heteroatoms. The van der Waals surface area contributed by atoms with Crippen molar-refractivity contribution in [2.75, 3.05) is 6.61 Å². The minimum absolute atomic E-state index is 0.245. The maximum Gasteiger partial charge on any atom is 0.338 e. The Balaban J connectivity index is 2.03. The fourth-order valence-corrected chi connectivity index (χ4v) is 2.63. The summed E-state index contributed by atoms with van der Waals surface area (Å²) in [7, 11) is 0. The number of esters is 1. The Labute approximate surface area is 140 Å². The number of Topliss-reactive ketones (excluding diaryl/α,β-unsaturated/α-hetero) is 1. The molecule has 0 saturated carbocycles. The lowest BCUT2D eigenvalue weighted by Crippen LogP contribution is -2.15. The molecule has 0 bridgehead atoms. The topological polar surface area (TPSA) is 91.4 Å². The van der Waals surface area contributed by atoms with Crippen LogP contribution in [0.15, 0.2) is 30.3 Å². The van der Waals surface area contributed by atoms with E-state index >= 15 is 0 Å². The van der Waals surface area contributed by atoms with E-state index in [1.165, 1.54) is 24.3 Å². The second kappa shape index (κ2) is 7.12. The van der Waals surface area contributed by atoms with Crippen molar-refractivity contribution < 1.29 is 19.1 Å². The van der Waals surface area contributed by atoms with Gasteiger partial charge >= 0.3 is 5.97 Å². The molecule has 1 aromatic carbocycles. The molecular formula is C18H20N2O4. The molecule has 0 saturated heterocycles. The molecule has 2 N–H and O–H groups in total. The van der Waals surface area contributed by atoms with Gasteiger partial charge in [-0.2, -0.15) is 0 Å². The summed E-state index contributed by atoms with van der Waals surface area (Å²) in [6, 6.07) is 7.56. The van der Waals surface area contributed by atoms with Gasteiger partial charge in [0.05, 0.1) is 5.56 Å². The highest BCUT2D eigenvalue weighted by atomic mass is 16.5. The molecule has 126 valence electrons. The molecule has 1 amide bonds. The maximum absolute atomic E-state index is 12.3. The van der Waals surface area contributed by atoms with Gasteiger partial charge in [0.25, 0.3) is 0 Å². The first-order valence-corrected chi connectivity index (χ1v) is 7.62. The van der Waals surface area contributed by atoms with Crippen LogP contribution in [0.4, 0.5) is 0 Å². The number of amides is 1. The highest BCUT2D eigenvalue weighted by Gasteiger charge is 2.17. The number of nitrogens with zero attached hydrogens (tertiary/aromatic N) is 1. The van der Waals surface area contributed by atoms with Crippen molar-refractivity contribution in [3.8, 4) is 0 Å². The molecule has 0 aliphatic carbocycles. The van der Waals surface area contributed by atoms with Gasteiger partial charge in [0.15, 0.2) is 6.61 Å². The van der Waals surface area contributed by atoms with Crippen LogP contribution in [0.5, 0.6) is 0 Å². The van der Waals surface area contributed by atoms with Gasteiger partial charge in [-0.15, -0.1) is 0 Å². The highest BCUT2D eigenvalue weighted by molar-refractivity contribution is 6.00. The molecule has 0 fully saturated rings. The van der Waals surface area contributed by atoms with Crippen LogP contribution in [0.3, 0.4) is 0 Å². The molecule has 0 aliphatic heterocycles. The number of carbonyl (C=O) groups excluding carboxylic acids is 3.